The van der Waals surface area contributed by atoms with Crippen LogP contribution < -0.4 is 0 Å². The molecule has 0 radical (unpaired) electrons. The Kier molecular flexibility index (Phi) is 2.35. The summed E-state index contributed by atoms with van der Waals surface area (Å²) in [7, 11) is 0. The minimum Gasteiger partial charge on any atom is -0.396 e. The first-order chi connectivity index (χ1) is 7.26. The van der Waals surface area contributed by atoms with Crippen LogP contribution in [0.3, 0.4) is 0 Å². The standard InChI is InChI=1S/C14H24O/c1-3-9-4-8(2)13-10-5-11(7-15)12(6-10)14(9)13/h8-15H,3-7H2,1-2H3. The third-order valence-corrected chi connectivity index (χ3v) is 5.90. The molecule has 3 aliphatic rings. The van der Waals surface area contributed by atoms with Crippen molar-refractivity contribution in [1.82, 2.24) is 0 Å². The molecule has 3 rings (SSSR count). The highest BCUT2D eigenvalue weighted by Gasteiger charge is 2.58. The van der Waals surface area contributed by atoms with E-state index in [-0.39, 0.29) is 0 Å². The highest BCUT2D eigenvalue weighted by atomic mass is 16.3. The average molecular weight is 208 g/mol. The van der Waals surface area contributed by atoms with E-state index in [0.29, 0.717) is 12.5 Å². The zero-order chi connectivity index (χ0) is 10.6. The van der Waals surface area contributed by atoms with E-state index in [1.807, 2.05) is 0 Å². The number of hydrogen-bond acceptors (Lipinski definition) is 1. The molecule has 3 fully saturated rings. The normalized spacial score (nSPS) is 57.4. The molecule has 0 spiro atoms. The van der Waals surface area contributed by atoms with Gasteiger partial charge in [0, 0.05) is 6.61 Å². The van der Waals surface area contributed by atoms with Gasteiger partial charge in [0.05, 0.1) is 0 Å². The van der Waals surface area contributed by atoms with Crippen LogP contribution in [-0.4, -0.2) is 11.7 Å². The minimum absolute atomic E-state index is 0.454. The molecule has 2 bridgehead atoms. The second-order valence-electron chi connectivity index (χ2n) is 6.37. The van der Waals surface area contributed by atoms with E-state index in [4.69, 9.17) is 0 Å². The number of aliphatic hydroxyl groups excluding tert-OH is 1. The third kappa shape index (κ3) is 1.25. The van der Waals surface area contributed by atoms with Gasteiger partial charge in [-0.2, -0.15) is 0 Å². The molecule has 7 unspecified atom stereocenters. The van der Waals surface area contributed by atoms with Crippen molar-refractivity contribution >= 4 is 0 Å². The van der Waals surface area contributed by atoms with E-state index in [0.717, 1.165) is 35.5 Å². The van der Waals surface area contributed by atoms with Gasteiger partial charge in [-0.3, -0.25) is 0 Å². The quantitative estimate of drug-likeness (QED) is 0.740. The first kappa shape index (κ1) is 10.1. The summed E-state index contributed by atoms with van der Waals surface area (Å²) in [6.45, 7) is 5.29. The molecule has 7 atom stereocenters. The van der Waals surface area contributed by atoms with E-state index >= 15 is 0 Å². The van der Waals surface area contributed by atoms with E-state index in [2.05, 4.69) is 13.8 Å². The fraction of sp³-hybridized carbons (Fsp3) is 1.00. The Hall–Kier alpha value is -0.0400. The third-order valence-electron chi connectivity index (χ3n) is 5.90. The zero-order valence-electron chi connectivity index (χ0n) is 10.0. The molecule has 1 nitrogen and oxygen atoms in total. The second-order valence-corrected chi connectivity index (χ2v) is 6.37. The summed E-state index contributed by atoms with van der Waals surface area (Å²) < 4.78 is 0. The van der Waals surface area contributed by atoms with Gasteiger partial charge in [-0.15, -0.1) is 0 Å². The Morgan fingerprint density at radius 3 is 2.53 bits per heavy atom. The van der Waals surface area contributed by atoms with Crippen LogP contribution in [0.15, 0.2) is 0 Å². The molecule has 3 aliphatic carbocycles. The smallest absolute Gasteiger partial charge is 0.0462 e. The number of fused-ring (bicyclic) bond motifs is 5. The predicted molar refractivity (Wildman–Crippen MR) is 61.3 cm³/mol. The summed E-state index contributed by atoms with van der Waals surface area (Å²) >= 11 is 0. The van der Waals surface area contributed by atoms with Gasteiger partial charge in [0.1, 0.15) is 0 Å². The van der Waals surface area contributed by atoms with Crippen LogP contribution in [0.4, 0.5) is 0 Å². The Bertz CT molecular complexity index is 250. The van der Waals surface area contributed by atoms with Gasteiger partial charge in [-0.25, -0.2) is 0 Å². The Balaban J connectivity index is 1.85. The van der Waals surface area contributed by atoms with E-state index in [1.54, 1.807) is 0 Å². The van der Waals surface area contributed by atoms with Gasteiger partial charge in [0.25, 0.3) is 0 Å². The van der Waals surface area contributed by atoms with Crippen molar-refractivity contribution in [3.8, 4) is 0 Å². The molecule has 0 aromatic carbocycles. The number of aliphatic hydroxyl groups is 1. The van der Waals surface area contributed by atoms with Crippen LogP contribution in [-0.2, 0) is 0 Å². The van der Waals surface area contributed by atoms with Gasteiger partial charge in [-0.1, -0.05) is 20.3 Å². The van der Waals surface area contributed by atoms with Gasteiger partial charge in [0.15, 0.2) is 0 Å². The SMILES string of the molecule is CCC1CC(C)C2C3CC(CO)C(C3)C12. The first-order valence-electron chi connectivity index (χ1n) is 6.87. The summed E-state index contributed by atoms with van der Waals surface area (Å²) in [5.41, 5.74) is 0. The van der Waals surface area contributed by atoms with Crippen LogP contribution in [0.1, 0.15) is 39.5 Å². The predicted octanol–water partition coefficient (Wildman–Crippen LogP) is 2.93. The second kappa shape index (κ2) is 3.48. The van der Waals surface area contributed by atoms with Crippen LogP contribution in [0.2, 0.25) is 0 Å². The summed E-state index contributed by atoms with van der Waals surface area (Å²) in [5.74, 6) is 6.49. The Labute approximate surface area is 93.3 Å². The molecule has 0 saturated heterocycles. The maximum absolute atomic E-state index is 9.43. The molecule has 0 amide bonds. The maximum Gasteiger partial charge on any atom is 0.0462 e. The number of rotatable bonds is 2. The Morgan fingerprint density at radius 2 is 1.87 bits per heavy atom. The first-order valence-corrected chi connectivity index (χ1v) is 6.87. The van der Waals surface area contributed by atoms with Crippen LogP contribution >= 0.6 is 0 Å². The average Bonchev–Trinajstić information content (AvgIpc) is 2.88. The molecule has 0 aromatic rings. The molecular weight excluding hydrogens is 184 g/mol. The van der Waals surface area contributed by atoms with Crippen LogP contribution in [0.25, 0.3) is 0 Å². The monoisotopic (exact) mass is 208 g/mol. The molecule has 1 heteroatoms. The maximum atomic E-state index is 9.43. The summed E-state index contributed by atoms with van der Waals surface area (Å²) in [6, 6.07) is 0. The van der Waals surface area contributed by atoms with Gasteiger partial charge >= 0.3 is 0 Å². The highest BCUT2D eigenvalue weighted by molar-refractivity contribution is 5.07. The molecule has 3 saturated carbocycles. The lowest BCUT2D eigenvalue weighted by Gasteiger charge is -2.34. The summed E-state index contributed by atoms with van der Waals surface area (Å²) in [5, 5.41) is 9.43. The van der Waals surface area contributed by atoms with Gasteiger partial charge < -0.3 is 5.11 Å². The van der Waals surface area contributed by atoms with Gasteiger partial charge in [-0.05, 0) is 60.7 Å². The largest absolute Gasteiger partial charge is 0.396 e. The van der Waals surface area contributed by atoms with E-state index < -0.39 is 0 Å². The molecular formula is C14H24O. The van der Waals surface area contributed by atoms with Crippen molar-refractivity contribution in [1.29, 1.82) is 0 Å². The Morgan fingerprint density at radius 1 is 1.07 bits per heavy atom. The topological polar surface area (TPSA) is 20.2 Å². The highest BCUT2D eigenvalue weighted by Crippen LogP contribution is 2.64. The summed E-state index contributed by atoms with van der Waals surface area (Å²) in [6.07, 6.45) is 5.62. The lowest BCUT2D eigenvalue weighted by molar-refractivity contribution is 0.0922. The zero-order valence-corrected chi connectivity index (χ0v) is 10.0. The van der Waals surface area contributed by atoms with Crippen LogP contribution in [0, 0.1) is 41.4 Å². The molecule has 0 aromatic heterocycles. The van der Waals surface area contributed by atoms with Crippen molar-refractivity contribution in [3.63, 3.8) is 0 Å². The van der Waals surface area contributed by atoms with Crippen molar-refractivity contribution in [2.24, 2.45) is 41.4 Å². The lowest BCUT2D eigenvalue weighted by Crippen LogP contribution is -2.31. The molecule has 86 valence electrons. The minimum atomic E-state index is 0.454. The fourth-order valence-corrected chi connectivity index (χ4v) is 5.54. The van der Waals surface area contributed by atoms with Crippen molar-refractivity contribution < 1.29 is 5.11 Å². The fourth-order valence-electron chi connectivity index (χ4n) is 5.54. The summed E-state index contributed by atoms with van der Waals surface area (Å²) in [4.78, 5) is 0. The van der Waals surface area contributed by atoms with Crippen molar-refractivity contribution in [2.45, 2.75) is 39.5 Å². The molecule has 15 heavy (non-hydrogen) atoms. The van der Waals surface area contributed by atoms with Gasteiger partial charge in [0.2, 0.25) is 0 Å². The molecule has 0 aliphatic heterocycles. The van der Waals surface area contributed by atoms with Crippen molar-refractivity contribution in [3.05, 3.63) is 0 Å². The van der Waals surface area contributed by atoms with E-state index in [9.17, 15) is 5.11 Å². The number of hydrogen-bond donors (Lipinski definition) is 1. The molecule has 1 N–H and O–H groups in total. The van der Waals surface area contributed by atoms with Crippen LogP contribution in [0.5, 0.6) is 0 Å². The van der Waals surface area contributed by atoms with E-state index in [1.165, 1.54) is 25.7 Å². The molecule has 0 heterocycles. The lowest BCUT2D eigenvalue weighted by atomic mass is 9.71. The van der Waals surface area contributed by atoms with Crippen molar-refractivity contribution in [2.75, 3.05) is 6.61 Å².